The van der Waals surface area contributed by atoms with Crippen molar-refractivity contribution in [2.75, 3.05) is 44.7 Å². The number of ether oxygens (including phenoxy) is 1. The monoisotopic (exact) mass is 594 g/mol. The lowest BCUT2D eigenvalue weighted by Crippen LogP contribution is -2.55. The SMILES string of the molecule is CCc1nccn1CC(c1ccccc1)(C1CCN(CC2CN(c3ccc(C#N)cc3)C2)CC1)[C@H]1CCC[C@@H]1OC(=O)NC. The lowest BCUT2D eigenvalue weighted by atomic mass is 9.58. The fourth-order valence-electron chi connectivity index (χ4n) is 8.41. The van der Waals surface area contributed by atoms with E-state index in [0.29, 0.717) is 17.4 Å². The highest BCUT2D eigenvalue weighted by Gasteiger charge is 2.53. The minimum absolute atomic E-state index is 0.107. The Morgan fingerprint density at radius 3 is 2.50 bits per heavy atom. The van der Waals surface area contributed by atoms with Crippen LogP contribution in [0.3, 0.4) is 0 Å². The first-order valence-corrected chi connectivity index (χ1v) is 16.5. The normalized spacial score (nSPS) is 22.6. The number of amides is 1. The number of carbonyl (C=O) groups excluding carboxylic acids is 1. The van der Waals surface area contributed by atoms with Crippen molar-refractivity contribution in [2.24, 2.45) is 17.8 Å². The van der Waals surface area contributed by atoms with Crippen LogP contribution in [0.5, 0.6) is 0 Å². The number of nitrogens with zero attached hydrogens (tertiary/aromatic N) is 5. The van der Waals surface area contributed by atoms with Crippen LogP contribution < -0.4 is 10.2 Å². The Morgan fingerprint density at radius 2 is 1.82 bits per heavy atom. The number of imidazole rings is 1. The third kappa shape index (κ3) is 6.08. The van der Waals surface area contributed by atoms with Gasteiger partial charge in [0.05, 0.1) is 11.6 Å². The number of piperidine rings is 1. The first kappa shape index (κ1) is 30.2. The third-order valence-corrected chi connectivity index (χ3v) is 10.6. The number of hydrogen-bond acceptors (Lipinski definition) is 6. The summed E-state index contributed by atoms with van der Waals surface area (Å²) in [5.41, 5.74) is 3.12. The number of hydrogen-bond donors (Lipinski definition) is 1. The molecule has 2 aromatic carbocycles. The molecule has 0 bridgehead atoms. The van der Waals surface area contributed by atoms with Gasteiger partial charge in [0.2, 0.25) is 0 Å². The molecule has 3 aromatic rings. The average molecular weight is 595 g/mol. The first-order valence-electron chi connectivity index (χ1n) is 16.5. The van der Waals surface area contributed by atoms with Gasteiger partial charge in [-0.15, -0.1) is 0 Å². The largest absolute Gasteiger partial charge is 0.446 e. The maximum absolute atomic E-state index is 12.5. The smallest absolute Gasteiger partial charge is 0.407 e. The van der Waals surface area contributed by atoms with E-state index in [9.17, 15) is 4.79 Å². The Bertz CT molecular complexity index is 1420. The van der Waals surface area contributed by atoms with Crippen LogP contribution in [0.25, 0.3) is 0 Å². The van der Waals surface area contributed by atoms with Crippen molar-refractivity contribution in [3.05, 3.63) is 83.9 Å². The maximum Gasteiger partial charge on any atom is 0.407 e. The van der Waals surface area contributed by atoms with Crippen LogP contribution in [-0.4, -0.2) is 66.4 Å². The van der Waals surface area contributed by atoms with Crippen LogP contribution >= 0.6 is 0 Å². The molecule has 6 rings (SSSR count). The van der Waals surface area contributed by atoms with Gasteiger partial charge in [0, 0.05) is 75.0 Å². The standard InChI is InChI=1S/C36H46N6O2/c1-3-34-39-18-21-41(34)26-36(29-8-5-4-6-9-29,32-10-7-11-33(32)44-35(43)38-2)30-16-19-40(20-17-30)23-28-24-42(25-28)31-14-12-27(22-37)13-15-31/h4-6,8-9,12-15,18,21,28,30,32-33H,3,7,10-11,16-17,19-20,23-26H2,1-2H3,(H,38,43)/t32-,33-,36?/m0/s1. The van der Waals surface area contributed by atoms with Crippen molar-refractivity contribution < 1.29 is 9.53 Å². The summed E-state index contributed by atoms with van der Waals surface area (Å²) in [6, 6.07) is 21.3. The second-order valence-corrected chi connectivity index (χ2v) is 13.0. The number of likely N-dealkylation sites (tertiary alicyclic amines) is 1. The number of rotatable bonds is 10. The summed E-state index contributed by atoms with van der Waals surface area (Å²) < 4.78 is 8.49. The molecule has 1 aromatic heterocycles. The highest BCUT2D eigenvalue weighted by atomic mass is 16.6. The van der Waals surface area contributed by atoms with E-state index >= 15 is 0 Å². The highest BCUT2D eigenvalue weighted by Crippen LogP contribution is 2.52. The van der Waals surface area contributed by atoms with Gasteiger partial charge in [-0.3, -0.25) is 0 Å². The van der Waals surface area contributed by atoms with Gasteiger partial charge in [0.15, 0.2) is 0 Å². The summed E-state index contributed by atoms with van der Waals surface area (Å²) in [5, 5.41) is 11.8. The zero-order valence-corrected chi connectivity index (χ0v) is 26.2. The van der Waals surface area contributed by atoms with E-state index in [2.05, 4.69) is 81.3 Å². The molecule has 3 fully saturated rings. The number of nitriles is 1. The van der Waals surface area contributed by atoms with Crippen molar-refractivity contribution >= 4 is 11.8 Å². The molecular formula is C36H46N6O2. The van der Waals surface area contributed by atoms with E-state index in [1.807, 2.05) is 18.3 Å². The zero-order valence-electron chi connectivity index (χ0n) is 26.2. The van der Waals surface area contributed by atoms with Gasteiger partial charge < -0.3 is 24.4 Å². The fraction of sp³-hybridized carbons (Fsp3) is 0.528. The molecule has 0 spiro atoms. The van der Waals surface area contributed by atoms with Crippen LogP contribution in [0.4, 0.5) is 10.5 Å². The topological polar surface area (TPSA) is 86.4 Å². The van der Waals surface area contributed by atoms with Crippen LogP contribution in [0, 0.1) is 29.1 Å². The molecule has 3 atom stereocenters. The number of benzene rings is 2. The van der Waals surface area contributed by atoms with Crippen LogP contribution in [0.1, 0.15) is 56.0 Å². The Kier molecular flexibility index (Phi) is 9.22. The molecule has 232 valence electrons. The molecule has 1 saturated carbocycles. The molecule has 1 aliphatic carbocycles. The second-order valence-electron chi connectivity index (χ2n) is 13.0. The molecule has 0 radical (unpaired) electrons. The summed E-state index contributed by atoms with van der Waals surface area (Å²) >= 11 is 0. The number of aromatic nitrogens is 2. The number of anilines is 1. The average Bonchev–Trinajstić information content (AvgIpc) is 3.71. The Labute approximate surface area is 262 Å². The van der Waals surface area contributed by atoms with Gasteiger partial charge >= 0.3 is 6.09 Å². The molecule has 44 heavy (non-hydrogen) atoms. The lowest BCUT2D eigenvalue weighted by Gasteiger charge is -2.51. The van der Waals surface area contributed by atoms with Crippen molar-refractivity contribution in [1.29, 1.82) is 5.26 Å². The van der Waals surface area contributed by atoms with Gasteiger partial charge in [0.25, 0.3) is 0 Å². The van der Waals surface area contributed by atoms with E-state index in [-0.39, 0.29) is 23.5 Å². The van der Waals surface area contributed by atoms with E-state index in [0.717, 1.165) is 83.6 Å². The molecule has 1 amide bonds. The van der Waals surface area contributed by atoms with Crippen molar-refractivity contribution in [3.63, 3.8) is 0 Å². The quantitative estimate of drug-likeness (QED) is 0.328. The van der Waals surface area contributed by atoms with E-state index in [4.69, 9.17) is 15.0 Å². The van der Waals surface area contributed by atoms with Gasteiger partial charge in [-0.05, 0) is 80.9 Å². The van der Waals surface area contributed by atoms with Crippen molar-refractivity contribution in [2.45, 2.75) is 63.5 Å². The fourth-order valence-corrected chi connectivity index (χ4v) is 8.41. The molecule has 1 unspecified atom stereocenters. The number of alkyl carbamates (subject to hydrolysis) is 1. The van der Waals surface area contributed by atoms with Gasteiger partial charge in [-0.2, -0.15) is 5.26 Å². The highest BCUT2D eigenvalue weighted by molar-refractivity contribution is 5.67. The molecule has 2 saturated heterocycles. The number of nitrogens with one attached hydrogen (secondary N) is 1. The van der Waals surface area contributed by atoms with Gasteiger partial charge in [-0.25, -0.2) is 9.78 Å². The molecule has 3 aliphatic rings. The molecule has 8 heteroatoms. The van der Waals surface area contributed by atoms with Crippen LogP contribution in [0.2, 0.25) is 0 Å². The summed E-state index contributed by atoms with van der Waals surface area (Å²) in [5.74, 6) is 2.47. The van der Waals surface area contributed by atoms with E-state index < -0.39 is 0 Å². The lowest BCUT2D eigenvalue weighted by molar-refractivity contribution is 0.00173. The summed E-state index contributed by atoms with van der Waals surface area (Å²) in [6.07, 6.45) is 9.82. The molecule has 1 N–H and O–H groups in total. The number of carbonyl (C=O) groups is 1. The minimum Gasteiger partial charge on any atom is -0.446 e. The Balaban J connectivity index is 1.21. The molecule has 2 aliphatic heterocycles. The predicted octanol–water partition coefficient (Wildman–Crippen LogP) is 5.63. The Morgan fingerprint density at radius 1 is 1.07 bits per heavy atom. The van der Waals surface area contributed by atoms with Gasteiger partial charge in [-0.1, -0.05) is 37.3 Å². The van der Waals surface area contributed by atoms with Crippen LogP contribution in [-0.2, 0) is 23.1 Å². The third-order valence-electron chi connectivity index (χ3n) is 10.6. The minimum atomic E-state index is -0.328. The van der Waals surface area contributed by atoms with E-state index in [1.165, 1.54) is 11.3 Å². The maximum atomic E-state index is 12.5. The first-order chi connectivity index (χ1) is 21.5. The summed E-state index contributed by atoms with van der Waals surface area (Å²) in [6.45, 7) is 8.48. The summed E-state index contributed by atoms with van der Waals surface area (Å²) in [4.78, 5) is 22.3. The van der Waals surface area contributed by atoms with Crippen molar-refractivity contribution in [3.8, 4) is 6.07 Å². The van der Waals surface area contributed by atoms with E-state index in [1.54, 1.807) is 7.05 Å². The molecule has 3 heterocycles. The number of aryl methyl sites for hydroxylation is 1. The molecule has 8 nitrogen and oxygen atoms in total. The van der Waals surface area contributed by atoms with Gasteiger partial charge in [0.1, 0.15) is 11.9 Å². The molecular weight excluding hydrogens is 548 g/mol. The Hall–Kier alpha value is -3.83. The van der Waals surface area contributed by atoms with Crippen LogP contribution in [0.15, 0.2) is 67.0 Å². The summed E-state index contributed by atoms with van der Waals surface area (Å²) in [7, 11) is 1.65. The zero-order chi connectivity index (χ0) is 30.5. The second kappa shape index (κ2) is 13.4. The van der Waals surface area contributed by atoms with Crippen molar-refractivity contribution in [1.82, 2.24) is 19.8 Å². The predicted molar refractivity (Wildman–Crippen MR) is 172 cm³/mol.